The fourth-order valence-corrected chi connectivity index (χ4v) is 1.26. The number of carboxylic acid groups (broad SMARTS) is 1. The molecular weight excluding hydrogens is 194 g/mol. The Labute approximate surface area is 88.3 Å². The van der Waals surface area contributed by atoms with E-state index in [4.69, 9.17) is 15.9 Å². The smallest absolute Gasteiger partial charge is 0.322 e. The van der Waals surface area contributed by atoms with Crippen LogP contribution in [-0.4, -0.2) is 28.8 Å². The summed E-state index contributed by atoms with van der Waals surface area (Å²) in [5.74, 6) is -0.410. The summed E-state index contributed by atoms with van der Waals surface area (Å²) in [5, 5.41) is 15.9. The molecule has 1 aromatic rings. The normalized spacial score (nSPS) is 14.6. The van der Waals surface area contributed by atoms with Gasteiger partial charge in [-0.05, 0) is 11.1 Å². The molecule has 82 valence electrons. The number of carboxylic acids is 1. The molecule has 0 saturated heterocycles. The highest BCUT2D eigenvalue weighted by Gasteiger charge is 2.25. The Morgan fingerprint density at radius 1 is 1.47 bits per heavy atom. The van der Waals surface area contributed by atoms with Crippen molar-refractivity contribution in [1.29, 1.82) is 0 Å². The number of nitrogens with two attached hydrogens (primary N) is 1. The zero-order chi connectivity index (χ0) is 11.4. The molecule has 4 N–H and O–H groups in total. The molecule has 0 amide bonds. The molecule has 1 atom stereocenters. The van der Waals surface area contributed by atoms with E-state index in [1.807, 2.05) is 0 Å². The number of fused-ring (bicyclic) bond motifs is 1. The maximum absolute atomic E-state index is 9.65. The van der Waals surface area contributed by atoms with Crippen LogP contribution in [0.5, 0.6) is 0 Å². The van der Waals surface area contributed by atoms with Crippen LogP contribution in [0.15, 0.2) is 24.3 Å². The first-order valence-electron chi connectivity index (χ1n) is 4.76. The molecule has 1 aliphatic carbocycles. The summed E-state index contributed by atoms with van der Waals surface area (Å²) in [6.07, 6.45) is 0. The molecule has 1 aliphatic rings. The van der Waals surface area contributed by atoms with Crippen LogP contribution in [0.4, 0.5) is 0 Å². The van der Waals surface area contributed by atoms with Crippen LogP contribution < -0.4 is 5.73 Å². The number of hydrogen-bond donors (Lipinski definition) is 3. The minimum Gasteiger partial charge on any atom is -0.480 e. The van der Waals surface area contributed by atoms with Crippen molar-refractivity contribution in [3.8, 4) is 0 Å². The van der Waals surface area contributed by atoms with Gasteiger partial charge in [0.05, 0.1) is 6.61 Å². The molecule has 4 nitrogen and oxygen atoms in total. The minimum absolute atomic E-state index is 0.505. The topological polar surface area (TPSA) is 83.5 Å². The lowest BCUT2D eigenvalue weighted by molar-refractivity contribution is -0.139. The number of rotatable bonds is 2. The van der Waals surface area contributed by atoms with Crippen LogP contribution >= 0.6 is 0 Å². The first-order valence-corrected chi connectivity index (χ1v) is 4.76. The zero-order valence-electron chi connectivity index (χ0n) is 8.55. The largest absolute Gasteiger partial charge is 0.480 e. The van der Waals surface area contributed by atoms with Crippen molar-refractivity contribution < 1.29 is 15.0 Å². The second-order valence-electron chi connectivity index (χ2n) is 3.48. The van der Waals surface area contributed by atoms with Crippen molar-refractivity contribution in [2.75, 3.05) is 6.61 Å². The molecule has 15 heavy (non-hydrogen) atoms. The highest BCUT2D eigenvalue weighted by Crippen LogP contribution is 2.41. The van der Waals surface area contributed by atoms with Crippen molar-refractivity contribution in [1.82, 2.24) is 0 Å². The molecule has 0 aromatic heterocycles. The van der Waals surface area contributed by atoms with Crippen LogP contribution in [0.1, 0.15) is 24.0 Å². The van der Waals surface area contributed by atoms with Crippen LogP contribution in [0, 0.1) is 0 Å². The van der Waals surface area contributed by atoms with E-state index in [9.17, 15) is 4.79 Å². The SMILES string of the molecule is CC1c2ccccc21.N[C@@H](CO)C(=O)O. The summed E-state index contributed by atoms with van der Waals surface area (Å²) in [7, 11) is 0. The Bertz CT molecular complexity index is 328. The quantitative estimate of drug-likeness (QED) is 0.664. The van der Waals surface area contributed by atoms with Crippen LogP contribution in [0.25, 0.3) is 0 Å². The van der Waals surface area contributed by atoms with E-state index in [0.29, 0.717) is 0 Å². The van der Waals surface area contributed by atoms with Crippen molar-refractivity contribution in [3.63, 3.8) is 0 Å². The lowest BCUT2D eigenvalue weighted by atomic mass is 10.3. The van der Waals surface area contributed by atoms with Gasteiger partial charge >= 0.3 is 5.97 Å². The number of aliphatic carboxylic acids is 1. The van der Waals surface area contributed by atoms with E-state index < -0.39 is 18.6 Å². The highest BCUT2D eigenvalue weighted by molar-refractivity contribution is 5.73. The Balaban J connectivity index is 0.000000153. The summed E-state index contributed by atoms with van der Waals surface area (Å²) in [4.78, 5) is 9.65. The van der Waals surface area contributed by atoms with Gasteiger partial charge in [0.2, 0.25) is 0 Å². The molecule has 0 radical (unpaired) electrons. The summed E-state index contributed by atoms with van der Waals surface area (Å²) in [6, 6.07) is 7.46. The first kappa shape index (κ1) is 11.7. The molecule has 0 heterocycles. The van der Waals surface area contributed by atoms with Crippen LogP contribution in [-0.2, 0) is 4.79 Å². The third-order valence-corrected chi connectivity index (χ3v) is 2.36. The summed E-state index contributed by atoms with van der Waals surface area (Å²) in [5.41, 5.74) is 7.84. The van der Waals surface area contributed by atoms with Gasteiger partial charge in [-0.1, -0.05) is 31.2 Å². The molecule has 4 heteroatoms. The minimum atomic E-state index is -1.18. The fraction of sp³-hybridized carbons (Fsp3) is 0.364. The summed E-state index contributed by atoms with van der Waals surface area (Å²) < 4.78 is 0. The van der Waals surface area contributed by atoms with E-state index in [0.717, 1.165) is 5.92 Å². The van der Waals surface area contributed by atoms with Gasteiger partial charge in [-0.15, -0.1) is 0 Å². The molecule has 0 spiro atoms. The monoisotopic (exact) mass is 209 g/mol. The predicted octanol–water partition coefficient (Wildman–Crippen LogP) is 0.542. The summed E-state index contributed by atoms with van der Waals surface area (Å²) in [6.45, 7) is 1.74. The lowest BCUT2D eigenvalue weighted by Gasteiger charge is -1.96. The van der Waals surface area contributed by atoms with E-state index in [2.05, 4.69) is 31.2 Å². The van der Waals surface area contributed by atoms with Gasteiger partial charge in [0.15, 0.2) is 0 Å². The molecule has 0 saturated carbocycles. The molecule has 0 unspecified atom stereocenters. The number of carbonyl (C=O) groups is 1. The van der Waals surface area contributed by atoms with Crippen molar-refractivity contribution in [3.05, 3.63) is 35.4 Å². The maximum Gasteiger partial charge on any atom is 0.322 e. The van der Waals surface area contributed by atoms with Crippen molar-refractivity contribution >= 4 is 5.97 Å². The average Bonchev–Trinajstić information content (AvgIpc) is 2.90. The van der Waals surface area contributed by atoms with Gasteiger partial charge in [0, 0.05) is 5.92 Å². The number of aliphatic hydroxyl groups excluding tert-OH is 1. The Hall–Kier alpha value is -1.39. The van der Waals surface area contributed by atoms with E-state index in [1.54, 1.807) is 0 Å². The zero-order valence-corrected chi connectivity index (χ0v) is 8.55. The third kappa shape index (κ3) is 3.04. The van der Waals surface area contributed by atoms with Gasteiger partial charge in [0.1, 0.15) is 6.04 Å². The lowest BCUT2D eigenvalue weighted by Crippen LogP contribution is -2.33. The third-order valence-electron chi connectivity index (χ3n) is 2.36. The van der Waals surface area contributed by atoms with E-state index in [1.165, 1.54) is 11.1 Å². The summed E-state index contributed by atoms with van der Waals surface area (Å²) >= 11 is 0. The molecule has 2 rings (SSSR count). The number of benzene rings is 1. The average molecular weight is 209 g/mol. The van der Waals surface area contributed by atoms with Gasteiger partial charge in [-0.2, -0.15) is 0 Å². The predicted molar refractivity (Wildman–Crippen MR) is 56.7 cm³/mol. The second-order valence-corrected chi connectivity index (χ2v) is 3.48. The number of hydrogen-bond acceptors (Lipinski definition) is 3. The van der Waals surface area contributed by atoms with Gasteiger partial charge in [-0.3, -0.25) is 4.79 Å². The van der Waals surface area contributed by atoms with Gasteiger partial charge in [-0.25, -0.2) is 0 Å². The van der Waals surface area contributed by atoms with Gasteiger partial charge < -0.3 is 15.9 Å². The van der Waals surface area contributed by atoms with Crippen LogP contribution in [0.2, 0.25) is 0 Å². The van der Waals surface area contributed by atoms with E-state index >= 15 is 0 Å². The molecule has 1 aromatic carbocycles. The Morgan fingerprint density at radius 3 is 2.13 bits per heavy atom. The second kappa shape index (κ2) is 4.91. The van der Waals surface area contributed by atoms with Crippen molar-refractivity contribution in [2.24, 2.45) is 5.73 Å². The molecule has 0 aliphatic heterocycles. The molecule has 0 bridgehead atoms. The Kier molecular flexibility index (Phi) is 3.82. The van der Waals surface area contributed by atoms with E-state index in [-0.39, 0.29) is 0 Å². The number of aliphatic hydroxyl groups is 1. The highest BCUT2D eigenvalue weighted by atomic mass is 16.4. The molecule has 0 fully saturated rings. The molecular formula is C11H15NO3. The standard InChI is InChI=1S/C8H8.C3H7NO3/c1-6-7-4-2-3-5-8(6)7;4-2(1-5)3(6)7/h2-6H,1H3;2,5H,1,4H2,(H,6,7)/t;2-/m.0/s1. The maximum atomic E-state index is 9.65. The van der Waals surface area contributed by atoms with Gasteiger partial charge in [0.25, 0.3) is 0 Å². The van der Waals surface area contributed by atoms with Crippen LogP contribution in [0.3, 0.4) is 0 Å². The first-order chi connectivity index (χ1) is 7.07. The fourth-order valence-electron chi connectivity index (χ4n) is 1.26. The van der Waals surface area contributed by atoms with Crippen molar-refractivity contribution in [2.45, 2.75) is 18.9 Å². The Morgan fingerprint density at radius 2 is 1.93 bits per heavy atom.